The highest BCUT2D eigenvalue weighted by atomic mass is 79.9. The van der Waals surface area contributed by atoms with Gasteiger partial charge in [-0.15, -0.1) is 0 Å². The average molecular weight is 370 g/mol. The lowest BCUT2D eigenvalue weighted by atomic mass is 10.2. The van der Waals surface area contributed by atoms with E-state index in [9.17, 15) is 19.3 Å². The maximum absolute atomic E-state index is 13.0. The Morgan fingerprint density at radius 1 is 1.27 bits per heavy atom. The van der Waals surface area contributed by atoms with Gasteiger partial charge < -0.3 is 9.47 Å². The number of esters is 1. The van der Waals surface area contributed by atoms with Gasteiger partial charge in [-0.2, -0.15) is 0 Å². The number of hydrogen-bond donors (Lipinski definition) is 0. The molecular weight excluding hydrogens is 361 g/mol. The van der Waals surface area contributed by atoms with Gasteiger partial charge in [0.1, 0.15) is 11.6 Å². The first kappa shape index (κ1) is 15.9. The molecule has 0 aliphatic heterocycles. The molecular formula is C14H9BrFNO5. The maximum atomic E-state index is 13.0. The molecule has 0 bridgehead atoms. The van der Waals surface area contributed by atoms with Crippen molar-refractivity contribution >= 4 is 27.6 Å². The van der Waals surface area contributed by atoms with Gasteiger partial charge in [0.05, 0.1) is 23.7 Å². The molecule has 0 saturated heterocycles. The zero-order valence-corrected chi connectivity index (χ0v) is 12.8. The van der Waals surface area contributed by atoms with E-state index in [-0.39, 0.29) is 21.5 Å². The summed E-state index contributed by atoms with van der Waals surface area (Å²) in [4.78, 5) is 22.4. The van der Waals surface area contributed by atoms with Crippen molar-refractivity contribution in [2.45, 2.75) is 0 Å². The largest absolute Gasteiger partial charge is 0.496 e. The minimum atomic E-state index is -0.847. The Morgan fingerprint density at radius 3 is 2.59 bits per heavy atom. The van der Waals surface area contributed by atoms with E-state index in [2.05, 4.69) is 15.9 Å². The van der Waals surface area contributed by atoms with Gasteiger partial charge in [-0.25, -0.2) is 9.18 Å². The summed E-state index contributed by atoms with van der Waals surface area (Å²) in [6, 6.07) is 7.23. The molecule has 0 heterocycles. The summed E-state index contributed by atoms with van der Waals surface area (Å²) in [7, 11) is 1.36. The van der Waals surface area contributed by atoms with E-state index in [1.54, 1.807) is 0 Å². The standard InChI is InChI=1S/C14H9BrFNO5/c1-21-9-3-5-13(12(7-9)17(19)20)22-14(18)10-4-2-8(16)6-11(10)15/h2-7H,1H3. The predicted octanol–water partition coefficient (Wildman–Crippen LogP) is 3.72. The van der Waals surface area contributed by atoms with E-state index in [4.69, 9.17) is 9.47 Å². The summed E-state index contributed by atoms with van der Waals surface area (Å²) in [5.41, 5.74) is -0.363. The van der Waals surface area contributed by atoms with Crippen LogP contribution in [0.25, 0.3) is 0 Å². The van der Waals surface area contributed by atoms with Gasteiger partial charge in [-0.1, -0.05) is 0 Å². The van der Waals surface area contributed by atoms with Crippen molar-refractivity contribution in [3.8, 4) is 11.5 Å². The van der Waals surface area contributed by atoms with Crippen molar-refractivity contribution in [2.24, 2.45) is 0 Å². The number of carbonyl (C=O) groups excluding carboxylic acids is 1. The first-order valence-electron chi connectivity index (χ1n) is 5.92. The number of nitro benzene ring substituents is 1. The van der Waals surface area contributed by atoms with Crippen LogP contribution in [0, 0.1) is 15.9 Å². The zero-order valence-electron chi connectivity index (χ0n) is 11.2. The SMILES string of the molecule is COc1ccc(OC(=O)c2ccc(F)cc2Br)c([N+](=O)[O-])c1. The van der Waals surface area contributed by atoms with Crippen LogP contribution in [0.15, 0.2) is 40.9 Å². The summed E-state index contributed by atoms with van der Waals surface area (Å²) in [5, 5.41) is 11.0. The van der Waals surface area contributed by atoms with E-state index in [1.807, 2.05) is 0 Å². The van der Waals surface area contributed by atoms with E-state index in [0.717, 1.165) is 18.2 Å². The number of carbonyl (C=O) groups is 1. The number of ether oxygens (including phenoxy) is 2. The van der Waals surface area contributed by atoms with Crippen LogP contribution in [-0.2, 0) is 0 Å². The molecule has 8 heteroatoms. The maximum Gasteiger partial charge on any atom is 0.344 e. The van der Waals surface area contributed by atoms with Crippen LogP contribution >= 0.6 is 15.9 Å². The van der Waals surface area contributed by atoms with Crippen LogP contribution in [0.4, 0.5) is 10.1 Å². The topological polar surface area (TPSA) is 78.7 Å². The summed E-state index contributed by atoms with van der Waals surface area (Å²) in [6.45, 7) is 0. The Bertz CT molecular complexity index is 750. The van der Waals surface area contributed by atoms with Gasteiger partial charge in [0.2, 0.25) is 5.75 Å². The summed E-state index contributed by atoms with van der Waals surface area (Å²) >= 11 is 3.04. The van der Waals surface area contributed by atoms with E-state index in [1.165, 1.54) is 25.3 Å². The van der Waals surface area contributed by atoms with Crippen molar-refractivity contribution in [1.82, 2.24) is 0 Å². The summed E-state index contributed by atoms with van der Waals surface area (Å²) in [6.07, 6.45) is 0. The van der Waals surface area contributed by atoms with Crippen molar-refractivity contribution < 1.29 is 23.6 Å². The monoisotopic (exact) mass is 369 g/mol. The molecule has 6 nitrogen and oxygen atoms in total. The molecule has 22 heavy (non-hydrogen) atoms. The number of hydrogen-bond acceptors (Lipinski definition) is 5. The number of rotatable bonds is 4. The van der Waals surface area contributed by atoms with E-state index < -0.39 is 22.4 Å². The smallest absolute Gasteiger partial charge is 0.344 e. The molecule has 0 spiro atoms. The first-order valence-corrected chi connectivity index (χ1v) is 6.71. The molecule has 2 aromatic carbocycles. The quantitative estimate of drug-likeness (QED) is 0.355. The fourth-order valence-corrected chi connectivity index (χ4v) is 2.18. The lowest BCUT2D eigenvalue weighted by Gasteiger charge is -2.07. The molecule has 0 radical (unpaired) electrons. The Hall–Kier alpha value is -2.48. The molecule has 0 unspecified atom stereocenters. The third kappa shape index (κ3) is 3.40. The van der Waals surface area contributed by atoms with Gasteiger partial charge in [-0.05, 0) is 46.3 Å². The van der Waals surface area contributed by atoms with Crippen LogP contribution in [0.5, 0.6) is 11.5 Å². The molecule has 0 aromatic heterocycles. The lowest BCUT2D eigenvalue weighted by molar-refractivity contribution is -0.385. The second kappa shape index (κ2) is 6.52. The lowest BCUT2D eigenvalue weighted by Crippen LogP contribution is -2.10. The van der Waals surface area contributed by atoms with E-state index in [0.29, 0.717) is 0 Å². The van der Waals surface area contributed by atoms with Gasteiger partial charge in [0.15, 0.2) is 0 Å². The molecule has 0 N–H and O–H groups in total. The van der Waals surface area contributed by atoms with Gasteiger partial charge in [0.25, 0.3) is 0 Å². The third-order valence-electron chi connectivity index (χ3n) is 2.72. The Morgan fingerprint density at radius 2 is 2.00 bits per heavy atom. The molecule has 0 amide bonds. The van der Waals surface area contributed by atoms with Crippen molar-refractivity contribution in [3.05, 3.63) is 62.4 Å². The molecule has 2 aromatic rings. The second-order valence-corrected chi connectivity index (χ2v) is 4.96. The van der Waals surface area contributed by atoms with Gasteiger partial charge >= 0.3 is 11.7 Å². The number of nitro groups is 1. The van der Waals surface area contributed by atoms with Gasteiger partial charge in [-0.3, -0.25) is 10.1 Å². The molecule has 0 fully saturated rings. The molecule has 2 rings (SSSR count). The Kier molecular flexibility index (Phi) is 4.71. The van der Waals surface area contributed by atoms with Crippen LogP contribution in [0.3, 0.4) is 0 Å². The number of methoxy groups -OCH3 is 1. The average Bonchev–Trinajstić information content (AvgIpc) is 2.47. The molecule has 0 atom stereocenters. The predicted molar refractivity (Wildman–Crippen MR) is 78.7 cm³/mol. The Labute approximate surface area is 132 Å². The number of benzene rings is 2. The second-order valence-electron chi connectivity index (χ2n) is 4.10. The molecule has 114 valence electrons. The first-order chi connectivity index (χ1) is 10.4. The van der Waals surface area contributed by atoms with E-state index >= 15 is 0 Å². The van der Waals surface area contributed by atoms with Gasteiger partial charge in [0, 0.05) is 4.47 Å². The van der Waals surface area contributed by atoms with Crippen LogP contribution in [0.2, 0.25) is 0 Å². The van der Waals surface area contributed by atoms with Crippen LogP contribution in [0.1, 0.15) is 10.4 Å². The highest BCUT2D eigenvalue weighted by molar-refractivity contribution is 9.10. The molecule has 0 saturated carbocycles. The van der Waals surface area contributed by atoms with Crippen molar-refractivity contribution in [2.75, 3.05) is 7.11 Å². The Balaban J connectivity index is 2.34. The van der Waals surface area contributed by atoms with Crippen molar-refractivity contribution in [3.63, 3.8) is 0 Å². The minimum absolute atomic E-state index is 0.0477. The normalized spacial score (nSPS) is 10.1. The van der Waals surface area contributed by atoms with Crippen LogP contribution < -0.4 is 9.47 Å². The highest BCUT2D eigenvalue weighted by Gasteiger charge is 2.21. The third-order valence-corrected chi connectivity index (χ3v) is 3.37. The summed E-state index contributed by atoms with van der Waals surface area (Å²) < 4.78 is 23.1. The number of nitrogens with zero attached hydrogens (tertiary/aromatic N) is 1. The number of halogens is 2. The minimum Gasteiger partial charge on any atom is -0.496 e. The molecule has 0 aliphatic rings. The van der Waals surface area contributed by atoms with Crippen LogP contribution in [-0.4, -0.2) is 18.0 Å². The summed E-state index contributed by atoms with van der Waals surface area (Å²) in [5.74, 6) is -1.35. The fourth-order valence-electron chi connectivity index (χ4n) is 1.66. The zero-order chi connectivity index (χ0) is 16.3. The van der Waals surface area contributed by atoms with Crippen molar-refractivity contribution in [1.29, 1.82) is 0 Å². The fraction of sp³-hybridized carbons (Fsp3) is 0.0714. The molecule has 0 aliphatic carbocycles. The highest BCUT2D eigenvalue weighted by Crippen LogP contribution is 2.32.